The van der Waals surface area contributed by atoms with Gasteiger partial charge >= 0.3 is 0 Å². The zero-order valence-corrected chi connectivity index (χ0v) is 15.5. The lowest BCUT2D eigenvalue weighted by Crippen LogP contribution is -2.33. The molecule has 1 N–H and O–H groups in total. The zero-order valence-electron chi connectivity index (χ0n) is 15.5. The van der Waals surface area contributed by atoms with Gasteiger partial charge in [0.15, 0.2) is 0 Å². The fourth-order valence-electron chi connectivity index (χ4n) is 3.47. The molecule has 1 aliphatic rings. The maximum Gasteiger partial charge on any atom is 0.255 e. The van der Waals surface area contributed by atoms with Crippen molar-refractivity contribution in [3.63, 3.8) is 0 Å². The second-order valence-corrected chi connectivity index (χ2v) is 7.43. The van der Waals surface area contributed by atoms with Gasteiger partial charge in [-0.05, 0) is 80.1 Å². The summed E-state index contributed by atoms with van der Waals surface area (Å²) in [5.41, 5.74) is 5.24. The highest BCUT2D eigenvalue weighted by Gasteiger charge is 2.16. The lowest BCUT2D eigenvalue weighted by atomic mass is 9.99. The molecule has 0 spiro atoms. The van der Waals surface area contributed by atoms with Crippen molar-refractivity contribution in [3.8, 4) is 0 Å². The maximum atomic E-state index is 12.4. The molecule has 0 radical (unpaired) electrons. The van der Waals surface area contributed by atoms with Crippen molar-refractivity contribution in [3.05, 3.63) is 64.7 Å². The summed E-state index contributed by atoms with van der Waals surface area (Å²) < 4.78 is 0. The van der Waals surface area contributed by atoms with Crippen LogP contribution in [0.1, 0.15) is 46.8 Å². The average Bonchev–Trinajstić information content (AvgIpc) is 2.59. The second kappa shape index (κ2) is 7.83. The summed E-state index contributed by atoms with van der Waals surface area (Å²) in [4.78, 5) is 14.9. The van der Waals surface area contributed by atoms with E-state index < -0.39 is 0 Å². The number of nitrogens with one attached hydrogen (secondary N) is 1. The minimum absolute atomic E-state index is 0.0543. The molecule has 0 aromatic heterocycles. The van der Waals surface area contributed by atoms with E-state index in [-0.39, 0.29) is 5.91 Å². The molecular formula is C22H28N2O. The molecule has 0 saturated carbocycles. The molecule has 0 bridgehead atoms. The molecule has 1 heterocycles. The number of benzene rings is 2. The minimum atomic E-state index is -0.0543. The van der Waals surface area contributed by atoms with Gasteiger partial charge in [-0.2, -0.15) is 0 Å². The van der Waals surface area contributed by atoms with Gasteiger partial charge in [0.25, 0.3) is 5.91 Å². The number of anilines is 1. The van der Waals surface area contributed by atoms with Crippen LogP contribution < -0.4 is 5.32 Å². The highest BCUT2D eigenvalue weighted by atomic mass is 16.1. The standard InChI is InChI=1S/C22H28N2O/c1-16-5-4-12-24(14-16)15-19-7-9-20(10-8-19)22(25)23-21-11-6-17(2)18(3)13-21/h6-11,13,16H,4-5,12,14-15H2,1-3H3,(H,23,25)/t16-/m0/s1. The van der Waals surface area contributed by atoms with Crippen LogP contribution in [0, 0.1) is 19.8 Å². The highest BCUT2D eigenvalue weighted by Crippen LogP contribution is 2.19. The van der Waals surface area contributed by atoms with Crippen LogP contribution >= 0.6 is 0 Å². The fourth-order valence-corrected chi connectivity index (χ4v) is 3.47. The van der Waals surface area contributed by atoms with Gasteiger partial charge in [0.1, 0.15) is 0 Å². The summed E-state index contributed by atoms with van der Waals surface area (Å²) in [6.07, 6.45) is 2.63. The first-order valence-corrected chi connectivity index (χ1v) is 9.21. The number of rotatable bonds is 4. The van der Waals surface area contributed by atoms with E-state index >= 15 is 0 Å². The average molecular weight is 336 g/mol. The van der Waals surface area contributed by atoms with E-state index in [1.165, 1.54) is 42.6 Å². The lowest BCUT2D eigenvalue weighted by Gasteiger charge is -2.30. The van der Waals surface area contributed by atoms with Gasteiger partial charge in [-0.25, -0.2) is 0 Å². The smallest absolute Gasteiger partial charge is 0.255 e. The summed E-state index contributed by atoms with van der Waals surface area (Å²) in [5.74, 6) is 0.734. The number of amides is 1. The molecule has 0 unspecified atom stereocenters. The number of nitrogens with zero attached hydrogens (tertiary/aromatic N) is 1. The molecule has 1 fully saturated rings. The van der Waals surface area contributed by atoms with Gasteiger partial charge in [-0.15, -0.1) is 0 Å². The predicted octanol–water partition coefficient (Wildman–Crippen LogP) is 4.79. The molecule has 0 aliphatic carbocycles. The van der Waals surface area contributed by atoms with Gasteiger partial charge in [-0.3, -0.25) is 9.69 Å². The van der Waals surface area contributed by atoms with Crippen LogP contribution in [-0.4, -0.2) is 23.9 Å². The van der Waals surface area contributed by atoms with Crippen LogP contribution in [0.25, 0.3) is 0 Å². The first-order valence-electron chi connectivity index (χ1n) is 9.21. The molecule has 1 aliphatic heterocycles. The Morgan fingerprint density at radius 3 is 2.56 bits per heavy atom. The molecule has 2 aromatic rings. The maximum absolute atomic E-state index is 12.4. The molecule has 1 saturated heterocycles. The molecule has 3 heteroatoms. The lowest BCUT2D eigenvalue weighted by molar-refractivity contribution is 0.102. The van der Waals surface area contributed by atoms with Crippen molar-refractivity contribution < 1.29 is 4.79 Å². The van der Waals surface area contributed by atoms with Gasteiger partial charge in [0, 0.05) is 24.3 Å². The topological polar surface area (TPSA) is 32.3 Å². The largest absolute Gasteiger partial charge is 0.322 e. The van der Waals surface area contributed by atoms with Gasteiger partial charge in [0.2, 0.25) is 0 Å². The Labute approximate surface area is 151 Å². The number of hydrogen-bond donors (Lipinski definition) is 1. The quantitative estimate of drug-likeness (QED) is 0.871. The van der Waals surface area contributed by atoms with Crippen molar-refractivity contribution in [1.82, 2.24) is 4.90 Å². The third kappa shape index (κ3) is 4.70. The minimum Gasteiger partial charge on any atom is -0.322 e. The van der Waals surface area contributed by atoms with Crippen LogP contribution in [-0.2, 0) is 6.54 Å². The van der Waals surface area contributed by atoms with E-state index in [1.807, 2.05) is 30.3 Å². The molecular weight excluding hydrogens is 308 g/mol. The SMILES string of the molecule is Cc1ccc(NC(=O)c2ccc(CN3CCC[C@H](C)C3)cc2)cc1C. The fraction of sp³-hybridized carbons (Fsp3) is 0.409. The highest BCUT2D eigenvalue weighted by molar-refractivity contribution is 6.04. The normalized spacial score (nSPS) is 18.1. The number of carbonyl (C=O) groups excluding carboxylic acids is 1. The molecule has 1 amide bonds. The van der Waals surface area contributed by atoms with E-state index in [1.54, 1.807) is 0 Å². The van der Waals surface area contributed by atoms with Gasteiger partial charge in [0.05, 0.1) is 0 Å². The Morgan fingerprint density at radius 2 is 1.88 bits per heavy atom. The van der Waals surface area contributed by atoms with E-state index in [0.29, 0.717) is 5.56 Å². The van der Waals surface area contributed by atoms with Crippen molar-refractivity contribution >= 4 is 11.6 Å². The zero-order chi connectivity index (χ0) is 17.8. The van der Waals surface area contributed by atoms with Crippen LogP contribution in [0.3, 0.4) is 0 Å². The van der Waals surface area contributed by atoms with Crippen LogP contribution in [0.15, 0.2) is 42.5 Å². The predicted molar refractivity (Wildman–Crippen MR) is 104 cm³/mol. The Balaban J connectivity index is 1.61. The summed E-state index contributed by atoms with van der Waals surface area (Å²) in [6.45, 7) is 9.79. The number of carbonyl (C=O) groups is 1. The molecule has 132 valence electrons. The third-order valence-electron chi connectivity index (χ3n) is 5.13. The van der Waals surface area contributed by atoms with Crippen molar-refractivity contribution in [1.29, 1.82) is 0 Å². The molecule has 3 nitrogen and oxygen atoms in total. The molecule has 25 heavy (non-hydrogen) atoms. The Bertz CT molecular complexity index is 736. The summed E-state index contributed by atoms with van der Waals surface area (Å²) in [7, 11) is 0. The number of hydrogen-bond acceptors (Lipinski definition) is 2. The summed E-state index contributed by atoms with van der Waals surface area (Å²) >= 11 is 0. The number of likely N-dealkylation sites (tertiary alicyclic amines) is 1. The van der Waals surface area contributed by atoms with E-state index in [0.717, 1.165) is 18.2 Å². The molecule has 1 atom stereocenters. The van der Waals surface area contributed by atoms with Crippen molar-refractivity contribution in [2.75, 3.05) is 18.4 Å². The van der Waals surface area contributed by atoms with Gasteiger partial charge in [-0.1, -0.05) is 25.1 Å². The second-order valence-electron chi connectivity index (χ2n) is 7.43. The summed E-state index contributed by atoms with van der Waals surface area (Å²) in [6, 6.07) is 14.0. The van der Waals surface area contributed by atoms with E-state index in [2.05, 4.69) is 43.1 Å². The monoisotopic (exact) mass is 336 g/mol. The number of piperidine rings is 1. The van der Waals surface area contributed by atoms with Crippen LogP contribution in [0.4, 0.5) is 5.69 Å². The Hall–Kier alpha value is -2.13. The van der Waals surface area contributed by atoms with E-state index in [4.69, 9.17) is 0 Å². The molecule has 3 rings (SSSR count). The molecule has 2 aromatic carbocycles. The van der Waals surface area contributed by atoms with Crippen molar-refractivity contribution in [2.24, 2.45) is 5.92 Å². The first-order chi connectivity index (χ1) is 12.0. The van der Waals surface area contributed by atoms with E-state index in [9.17, 15) is 4.79 Å². The van der Waals surface area contributed by atoms with Crippen molar-refractivity contribution in [2.45, 2.75) is 40.2 Å². The van der Waals surface area contributed by atoms with Gasteiger partial charge < -0.3 is 5.32 Å². The summed E-state index contributed by atoms with van der Waals surface area (Å²) in [5, 5.41) is 2.98. The first kappa shape index (κ1) is 17.7. The van der Waals surface area contributed by atoms with Crippen LogP contribution in [0.5, 0.6) is 0 Å². The Morgan fingerprint density at radius 1 is 1.12 bits per heavy atom. The van der Waals surface area contributed by atoms with Crippen LogP contribution in [0.2, 0.25) is 0 Å². The number of aryl methyl sites for hydroxylation is 2. The Kier molecular flexibility index (Phi) is 5.54. The third-order valence-corrected chi connectivity index (χ3v) is 5.13.